The number of allylic oxidation sites excluding steroid dienone is 1. The molecule has 4 heterocycles. The van der Waals surface area contributed by atoms with Gasteiger partial charge in [-0.3, -0.25) is 0 Å². The Morgan fingerprint density at radius 1 is 0.833 bits per heavy atom. The van der Waals surface area contributed by atoms with Crippen LogP contribution in [0, 0.1) is 45.3 Å². The summed E-state index contributed by atoms with van der Waals surface area (Å²) in [5, 5.41) is 75.0. The normalized spacial score (nSPS) is 57.7. The lowest BCUT2D eigenvalue weighted by Crippen LogP contribution is -2.67. The van der Waals surface area contributed by atoms with Crippen LogP contribution in [0.15, 0.2) is 11.6 Å². The highest BCUT2D eigenvalue weighted by Gasteiger charge is 2.80. The summed E-state index contributed by atoms with van der Waals surface area (Å²) in [5.74, 6) is 0.284. The number of ether oxygens (including phenoxy) is 6. The average molecular weight is 767 g/mol. The van der Waals surface area contributed by atoms with E-state index in [0.29, 0.717) is 30.8 Å². The fraction of sp³-hybridized carbons (Fsp3) is 0.951. The van der Waals surface area contributed by atoms with Crippen molar-refractivity contribution in [1.29, 1.82) is 0 Å². The molecule has 7 N–H and O–H groups in total. The Morgan fingerprint density at radius 3 is 2.28 bits per heavy atom. The van der Waals surface area contributed by atoms with Gasteiger partial charge in [0.25, 0.3) is 0 Å². The summed E-state index contributed by atoms with van der Waals surface area (Å²) in [6, 6.07) is 0. The molecule has 308 valence electrons. The van der Waals surface area contributed by atoms with E-state index in [9.17, 15) is 35.7 Å². The van der Waals surface area contributed by atoms with E-state index in [4.69, 9.17) is 28.4 Å². The van der Waals surface area contributed by atoms with E-state index in [1.807, 2.05) is 6.92 Å². The molecule has 2 bridgehead atoms. The summed E-state index contributed by atoms with van der Waals surface area (Å²) in [5.41, 5.74) is -0.0544. The highest BCUT2D eigenvalue weighted by atomic mass is 16.7. The largest absolute Gasteiger partial charge is 0.394 e. The summed E-state index contributed by atoms with van der Waals surface area (Å²) >= 11 is 0. The second kappa shape index (κ2) is 13.4. The molecule has 54 heavy (non-hydrogen) atoms. The summed E-state index contributed by atoms with van der Waals surface area (Å²) in [6.07, 6.45) is -3.77. The Balaban J connectivity index is 0.992. The van der Waals surface area contributed by atoms with Gasteiger partial charge in [0, 0.05) is 24.2 Å². The standard InChI is InChI=1S/C41H66O13/c1-20(2)14-21-15-39(7,48)33-22-8-9-26-37(5)12-11-27(36(3,4)25(37)10-13-38(26,6)40(22)18-41(33,54-21)50-19-40)52-34-31(47)32(23(43)17-49-34)53-35-30(46)29(45)28(44)24(16-42)51-35/h14,21-35,42-48H,8-13,15-19H2,1-7H3/t21-,22+,23-,24+,25-,26+,27-,28+,29-,30+,31+,32-,33-,34-,35-,37-,38+,39-,40-,41-/m1/s1. The maximum atomic E-state index is 12.1. The van der Waals surface area contributed by atoms with Gasteiger partial charge >= 0.3 is 0 Å². The Bertz CT molecular complexity index is 1450. The Labute approximate surface area is 319 Å². The van der Waals surface area contributed by atoms with Crippen LogP contribution in [0.3, 0.4) is 0 Å². The average Bonchev–Trinajstić information content (AvgIpc) is 3.61. The van der Waals surface area contributed by atoms with Crippen molar-refractivity contribution in [3.8, 4) is 0 Å². The van der Waals surface area contributed by atoms with Crippen molar-refractivity contribution in [2.24, 2.45) is 45.3 Å². The molecule has 20 atom stereocenters. The van der Waals surface area contributed by atoms with E-state index in [2.05, 4.69) is 47.6 Å². The van der Waals surface area contributed by atoms with Crippen LogP contribution in [0.25, 0.3) is 0 Å². The second-order valence-corrected chi connectivity index (χ2v) is 20.2. The molecule has 0 aromatic heterocycles. The van der Waals surface area contributed by atoms with Gasteiger partial charge in [-0.05, 0) is 93.3 Å². The van der Waals surface area contributed by atoms with E-state index in [0.717, 1.165) is 44.9 Å². The topological polar surface area (TPSA) is 197 Å². The van der Waals surface area contributed by atoms with Gasteiger partial charge in [-0.15, -0.1) is 0 Å². The number of aliphatic hydroxyl groups excluding tert-OH is 6. The van der Waals surface area contributed by atoms with Crippen LogP contribution < -0.4 is 0 Å². The summed E-state index contributed by atoms with van der Waals surface area (Å²) in [4.78, 5) is 0. The van der Waals surface area contributed by atoms with Gasteiger partial charge in [0.15, 0.2) is 18.4 Å². The first-order valence-corrected chi connectivity index (χ1v) is 20.5. The monoisotopic (exact) mass is 766 g/mol. The molecular weight excluding hydrogens is 700 g/mol. The molecular formula is C41H66O13. The van der Waals surface area contributed by atoms with Gasteiger partial charge in [0.2, 0.25) is 0 Å². The number of fused-ring (bicyclic) bond motifs is 4. The van der Waals surface area contributed by atoms with Crippen LogP contribution in [-0.4, -0.2) is 134 Å². The fourth-order valence-electron chi connectivity index (χ4n) is 14.4. The summed E-state index contributed by atoms with van der Waals surface area (Å²) in [7, 11) is 0. The lowest BCUT2D eigenvalue weighted by atomic mass is 9.35. The van der Waals surface area contributed by atoms with Crippen LogP contribution in [0.1, 0.15) is 99.8 Å². The van der Waals surface area contributed by atoms with E-state index >= 15 is 0 Å². The fourth-order valence-corrected chi connectivity index (χ4v) is 14.4. The van der Waals surface area contributed by atoms with Crippen molar-refractivity contribution >= 4 is 0 Å². The molecule has 2 spiro atoms. The molecule has 4 aliphatic carbocycles. The van der Waals surface area contributed by atoms with Crippen molar-refractivity contribution in [3.63, 3.8) is 0 Å². The number of hydrogen-bond acceptors (Lipinski definition) is 13. The van der Waals surface area contributed by atoms with Gasteiger partial charge in [-0.2, -0.15) is 0 Å². The first-order chi connectivity index (χ1) is 25.2. The van der Waals surface area contributed by atoms with Gasteiger partial charge < -0.3 is 64.2 Å². The quantitative estimate of drug-likeness (QED) is 0.154. The molecule has 8 fully saturated rings. The molecule has 8 rings (SSSR count). The third-order valence-electron chi connectivity index (χ3n) is 16.6. The van der Waals surface area contributed by atoms with Gasteiger partial charge in [0.05, 0.1) is 37.6 Å². The minimum atomic E-state index is -1.68. The maximum absolute atomic E-state index is 12.1. The molecule has 0 radical (unpaired) electrons. The molecule has 4 saturated carbocycles. The third kappa shape index (κ3) is 5.65. The zero-order valence-corrected chi connectivity index (χ0v) is 33.1. The Hall–Kier alpha value is -0.780. The number of rotatable bonds is 6. The minimum absolute atomic E-state index is 0.00497. The maximum Gasteiger partial charge on any atom is 0.187 e. The summed E-state index contributed by atoms with van der Waals surface area (Å²) < 4.78 is 37.6. The molecule has 0 aromatic rings. The third-order valence-corrected chi connectivity index (χ3v) is 16.6. The van der Waals surface area contributed by atoms with Gasteiger partial charge in [0.1, 0.15) is 42.7 Å². The predicted octanol–water partition coefficient (Wildman–Crippen LogP) is 2.14. The van der Waals surface area contributed by atoms with Crippen LogP contribution in [0.4, 0.5) is 0 Å². The van der Waals surface area contributed by atoms with E-state index in [-0.39, 0.29) is 46.4 Å². The second-order valence-electron chi connectivity index (χ2n) is 20.2. The molecule has 13 heteroatoms. The SMILES string of the molecule is CC(C)=C[C@@H]1C[C@@](C)(O)[C@H]2[C@@H]3CC[C@H]4[C@]5(C)CC[C@@H](O[C@H]6OC[C@@H](O)[C@@H](O[C@H]7O[C@@H](CO)[C@H](O)[C@@H](O)[C@@H]7O)[C@@H]6O)C(C)(C)[C@H]5CC[C@]4(C)[C@]34CO[C@]2(C4)O1. The van der Waals surface area contributed by atoms with Gasteiger partial charge in [-0.1, -0.05) is 39.3 Å². The van der Waals surface area contributed by atoms with Crippen LogP contribution in [-0.2, 0) is 28.4 Å². The summed E-state index contributed by atoms with van der Waals surface area (Å²) in [6.45, 7) is 15.6. The predicted molar refractivity (Wildman–Crippen MR) is 192 cm³/mol. The molecule has 0 unspecified atom stereocenters. The van der Waals surface area contributed by atoms with Crippen molar-refractivity contribution < 1.29 is 64.2 Å². The van der Waals surface area contributed by atoms with Gasteiger partial charge in [-0.25, -0.2) is 0 Å². The van der Waals surface area contributed by atoms with E-state index in [1.54, 1.807) is 0 Å². The molecule has 13 nitrogen and oxygen atoms in total. The van der Waals surface area contributed by atoms with Crippen molar-refractivity contribution in [3.05, 3.63) is 11.6 Å². The first kappa shape index (κ1) is 40.0. The smallest absolute Gasteiger partial charge is 0.187 e. The molecule has 4 saturated heterocycles. The van der Waals surface area contributed by atoms with Crippen molar-refractivity contribution in [1.82, 2.24) is 0 Å². The van der Waals surface area contributed by atoms with Crippen LogP contribution in [0.5, 0.6) is 0 Å². The molecule has 4 aliphatic heterocycles. The molecule has 0 aromatic carbocycles. The minimum Gasteiger partial charge on any atom is -0.394 e. The molecule has 0 amide bonds. The highest BCUT2D eigenvalue weighted by Crippen LogP contribution is 2.80. The lowest BCUT2D eigenvalue weighted by molar-refractivity contribution is -0.358. The van der Waals surface area contributed by atoms with Crippen molar-refractivity contribution in [2.75, 3.05) is 19.8 Å². The zero-order valence-electron chi connectivity index (χ0n) is 33.1. The van der Waals surface area contributed by atoms with E-state index in [1.165, 1.54) is 5.57 Å². The molecule has 8 aliphatic rings. The lowest BCUT2D eigenvalue weighted by Gasteiger charge is -2.70. The zero-order chi connectivity index (χ0) is 39.0. The Morgan fingerprint density at radius 2 is 1.57 bits per heavy atom. The van der Waals surface area contributed by atoms with E-state index < -0.39 is 73.3 Å². The number of aliphatic hydroxyl groups is 7. The van der Waals surface area contributed by atoms with Crippen molar-refractivity contribution in [2.45, 2.75) is 179 Å². The van der Waals surface area contributed by atoms with Crippen LogP contribution >= 0.6 is 0 Å². The Kier molecular flexibility index (Phi) is 9.91. The highest BCUT2D eigenvalue weighted by molar-refractivity contribution is 5.26. The first-order valence-electron chi connectivity index (χ1n) is 20.5. The number of hydrogen-bond donors (Lipinski definition) is 7. The van der Waals surface area contributed by atoms with Crippen LogP contribution in [0.2, 0.25) is 0 Å².